The standard InChI is InChI=1S/C16H24N2O7/c1-13-3-4-15(14(11-13)18(20)21)25-10-9-23-6-5-22-7-8-24-12-16(19)17-2/h3-4,11H,5-10,12H2,1-2H3,(H,17,19). The summed E-state index contributed by atoms with van der Waals surface area (Å²) in [6.07, 6.45) is 0. The molecule has 140 valence electrons. The van der Waals surface area contributed by atoms with E-state index in [1.165, 1.54) is 6.07 Å². The lowest BCUT2D eigenvalue weighted by Crippen LogP contribution is -2.24. The number of ether oxygens (including phenoxy) is 4. The highest BCUT2D eigenvalue weighted by atomic mass is 16.6. The summed E-state index contributed by atoms with van der Waals surface area (Å²) in [5, 5.41) is 13.4. The molecule has 0 saturated heterocycles. The van der Waals surface area contributed by atoms with Crippen LogP contribution in [0.3, 0.4) is 0 Å². The van der Waals surface area contributed by atoms with Crippen LogP contribution in [0.15, 0.2) is 18.2 Å². The third kappa shape index (κ3) is 8.99. The summed E-state index contributed by atoms with van der Waals surface area (Å²) in [4.78, 5) is 21.4. The fourth-order valence-electron chi connectivity index (χ4n) is 1.78. The number of carbonyl (C=O) groups is 1. The van der Waals surface area contributed by atoms with Crippen LogP contribution in [0.2, 0.25) is 0 Å². The highest BCUT2D eigenvalue weighted by molar-refractivity contribution is 5.76. The number of hydrogen-bond acceptors (Lipinski definition) is 7. The molecule has 1 aromatic rings. The number of amides is 1. The summed E-state index contributed by atoms with van der Waals surface area (Å²) in [6, 6.07) is 4.80. The van der Waals surface area contributed by atoms with E-state index in [-0.39, 0.29) is 30.6 Å². The third-order valence-corrected chi connectivity index (χ3v) is 3.05. The van der Waals surface area contributed by atoms with Gasteiger partial charge in [0.2, 0.25) is 5.91 Å². The summed E-state index contributed by atoms with van der Waals surface area (Å²) >= 11 is 0. The van der Waals surface area contributed by atoms with Crippen molar-refractivity contribution in [3.8, 4) is 5.75 Å². The van der Waals surface area contributed by atoms with Crippen molar-refractivity contribution in [3.63, 3.8) is 0 Å². The third-order valence-electron chi connectivity index (χ3n) is 3.05. The smallest absolute Gasteiger partial charge is 0.311 e. The van der Waals surface area contributed by atoms with Gasteiger partial charge in [-0.25, -0.2) is 0 Å². The average Bonchev–Trinajstić information content (AvgIpc) is 2.60. The molecule has 0 aromatic heterocycles. The van der Waals surface area contributed by atoms with Gasteiger partial charge >= 0.3 is 5.69 Å². The number of rotatable bonds is 13. The van der Waals surface area contributed by atoms with Gasteiger partial charge in [0, 0.05) is 13.1 Å². The highest BCUT2D eigenvalue weighted by Crippen LogP contribution is 2.27. The van der Waals surface area contributed by atoms with Gasteiger partial charge in [-0.15, -0.1) is 0 Å². The van der Waals surface area contributed by atoms with E-state index in [0.717, 1.165) is 5.56 Å². The van der Waals surface area contributed by atoms with Gasteiger partial charge in [0.1, 0.15) is 13.2 Å². The second kappa shape index (κ2) is 12.2. The van der Waals surface area contributed by atoms with Gasteiger partial charge in [-0.2, -0.15) is 0 Å². The van der Waals surface area contributed by atoms with Crippen molar-refractivity contribution >= 4 is 11.6 Å². The average molecular weight is 356 g/mol. The molecule has 25 heavy (non-hydrogen) atoms. The Morgan fingerprint density at radius 3 is 2.28 bits per heavy atom. The highest BCUT2D eigenvalue weighted by Gasteiger charge is 2.14. The number of hydrogen-bond donors (Lipinski definition) is 1. The predicted molar refractivity (Wildman–Crippen MR) is 89.9 cm³/mol. The van der Waals surface area contributed by atoms with E-state index in [1.807, 2.05) is 0 Å². The van der Waals surface area contributed by atoms with Crippen molar-refractivity contribution in [2.24, 2.45) is 0 Å². The minimum atomic E-state index is -0.469. The van der Waals surface area contributed by atoms with Crippen LogP contribution in [0.5, 0.6) is 5.75 Å². The molecule has 0 saturated carbocycles. The van der Waals surface area contributed by atoms with Crippen LogP contribution in [-0.2, 0) is 19.0 Å². The first kappa shape index (κ1) is 20.8. The monoisotopic (exact) mass is 356 g/mol. The minimum Gasteiger partial charge on any atom is -0.484 e. The minimum absolute atomic E-state index is 0.0127. The first-order valence-electron chi connectivity index (χ1n) is 7.86. The van der Waals surface area contributed by atoms with E-state index in [2.05, 4.69) is 5.32 Å². The SMILES string of the molecule is CNC(=O)COCCOCCOCCOc1ccc(C)cc1[N+](=O)[O-]. The molecule has 0 aliphatic rings. The number of nitrogens with zero attached hydrogens (tertiary/aromatic N) is 1. The van der Waals surface area contributed by atoms with Gasteiger partial charge in [0.05, 0.1) is 38.0 Å². The summed E-state index contributed by atoms with van der Waals surface area (Å²) < 4.78 is 21.0. The van der Waals surface area contributed by atoms with E-state index >= 15 is 0 Å². The van der Waals surface area contributed by atoms with Crippen LogP contribution < -0.4 is 10.1 Å². The number of benzene rings is 1. The van der Waals surface area contributed by atoms with E-state index < -0.39 is 4.92 Å². The molecule has 0 bridgehead atoms. The predicted octanol–water partition coefficient (Wildman–Crippen LogP) is 1.08. The lowest BCUT2D eigenvalue weighted by molar-refractivity contribution is -0.385. The van der Waals surface area contributed by atoms with Gasteiger partial charge in [-0.3, -0.25) is 14.9 Å². The molecule has 0 aliphatic heterocycles. The van der Waals surface area contributed by atoms with Crippen molar-refractivity contribution in [3.05, 3.63) is 33.9 Å². The number of carbonyl (C=O) groups excluding carboxylic acids is 1. The van der Waals surface area contributed by atoms with Crippen LogP contribution in [0, 0.1) is 17.0 Å². The summed E-state index contributed by atoms with van der Waals surface area (Å²) in [5.74, 6) is 0.0425. The van der Waals surface area contributed by atoms with E-state index in [4.69, 9.17) is 18.9 Å². The number of nitro groups is 1. The lowest BCUT2D eigenvalue weighted by atomic mass is 10.2. The van der Waals surface area contributed by atoms with Crippen molar-refractivity contribution in [1.82, 2.24) is 5.32 Å². The van der Waals surface area contributed by atoms with Crippen molar-refractivity contribution in [1.29, 1.82) is 0 Å². The zero-order chi connectivity index (χ0) is 18.5. The van der Waals surface area contributed by atoms with E-state index in [1.54, 1.807) is 26.1 Å². The van der Waals surface area contributed by atoms with E-state index in [0.29, 0.717) is 33.0 Å². The molecule has 1 amide bonds. The van der Waals surface area contributed by atoms with Gasteiger partial charge < -0.3 is 24.3 Å². The topological polar surface area (TPSA) is 109 Å². The van der Waals surface area contributed by atoms with Crippen molar-refractivity contribution < 1.29 is 28.7 Å². The van der Waals surface area contributed by atoms with Gasteiger partial charge in [0.15, 0.2) is 5.75 Å². The zero-order valence-corrected chi connectivity index (χ0v) is 14.5. The lowest BCUT2D eigenvalue weighted by Gasteiger charge is -2.08. The Bertz CT molecular complexity index is 551. The zero-order valence-electron chi connectivity index (χ0n) is 14.5. The Morgan fingerprint density at radius 1 is 1.08 bits per heavy atom. The molecule has 0 radical (unpaired) electrons. The Morgan fingerprint density at radius 2 is 1.68 bits per heavy atom. The molecule has 1 rings (SSSR count). The molecule has 9 nitrogen and oxygen atoms in total. The maximum atomic E-state index is 11.0. The number of nitrogens with one attached hydrogen (secondary N) is 1. The number of nitro benzene ring substituents is 1. The van der Waals surface area contributed by atoms with Crippen LogP contribution in [0.25, 0.3) is 0 Å². The largest absolute Gasteiger partial charge is 0.484 e. The molecule has 0 atom stereocenters. The Kier molecular flexibility index (Phi) is 10.1. The Balaban J connectivity index is 2.04. The second-order valence-corrected chi connectivity index (χ2v) is 5.03. The molecule has 1 N–H and O–H groups in total. The van der Waals surface area contributed by atoms with Gasteiger partial charge in [-0.1, -0.05) is 6.07 Å². The normalized spacial score (nSPS) is 10.5. The van der Waals surface area contributed by atoms with Crippen molar-refractivity contribution in [2.75, 3.05) is 53.3 Å². The molecule has 1 aromatic carbocycles. The first-order valence-corrected chi connectivity index (χ1v) is 7.86. The van der Waals surface area contributed by atoms with Crippen LogP contribution in [-0.4, -0.2) is 64.1 Å². The van der Waals surface area contributed by atoms with Crippen molar-refractivity contribution in [2.45, 2.75) is 6.92 Å². The Labute approximate surface area is 146 Å². The van der Waals surface area contributed by atoms with Crippen LogP contribution in [0.1, 0.15) is 5.56 Å². The van der Waals surface area contributed by atoms with E-state index in [9.17, 15) is 14.9 Å². The molecule has 0 unspecified atom stereocenters. The fourth-order valence-corrected chi connectivity index (χ4v) is 1.78. The Hall–Kier alpha value is -2.23. The number of aryl methyl sites for hydroxylation is 1. The molecule has 0 fully saturated rings. The summed E-state index contributed by atoms with van der Waals surface area (Å²) in [6.45, 7) is 3.74. The quantitative estimate of drug-likeness (QED) is 0.320. The maximum Gasteiger partial charge on any atom is 0.311 e. The van der Waals surface area contributed by atoms with Gasteiger partial charge in [-0.05, 0) is 18.6 Å². The molecule has 0 spiro atoms. The maximum absolute atomic E-state index is 11.0. The second-order valence-electron chi connectivity index (χ2n) is 5.03. The number of likely N-dealkylation sites (N-methyl/N-ethyl adjacent to an activating group) is 1. The van der Waals surface area contributed by atoms with Crippen LogP contribution >= 0.6 is 0 Å². The molecule has 0 aliphatic carbocycles. The summed E-state index contributed by atoms with van der Waals surface area (Å²) in [5.41, 5.74) is 0.742. The first-order chi connectivity index (χ1) is 12.0. The molecule has 9 heteroatoms. The molecular weight excluding hydrogens is 332 g/mol. The fraction of sp³-hybridized carbons (Fsp3) is 0.562. The molecular formula is C16H24N2O7. The van der Waals surface area contributed by atoms with Crippen LogP contribution in [0.4, 0.5) is 5.69 Å². The molecule has 0 heterocycles. The van der Waals surface area contributed by atoms with Gasteiger partial charge in [0.25, 0.3) is 0 Å². The summed E-state index contributed by atoms with van der Waals surface area (Å²) in [7, 11) is 1.54.